The zero-order valence-electron chi connectivity index (χ0n) is 14.2. The SMILES string of the molecule is COc1ccc(-c2ccccc2)cc1NC(=O)Nc1ccccc1C. The lowest BCUT2D eigenvalue weighted by Crippen LogP contribution is -2.20. The lowest BCUT2D eigenvalue weighted by Gasteiger charge is -2.14. The molecule has 0 unspecified atom stereocenters. The van der Waals surface area contributed by atoms with Crippen molar-refractivity contribution in [3.05, 3.63) is 78.4 Å². The molecule has 0 fully saturated rings. The first kappa shape index (κ1) is 16.6. The minimum absolute atomic E-state index is 0.308. The Morgan fingerprint density at radius 1 is 0.800 bits per heavy atom. The molecule has 0 heterocycles. The Kier molecular flexibility index (Phi) is 5.00. The summed E-state index contributed by atoms with van der Waals surface area (Å²) >= 11 is 0. The molecule has 3 aromatic carbocycles. The first-order valence-electron chi connectivity index (χ1n) is 8.04. The van der Waals surface area contributed by atoms with E-state index in [0.717, 1.165) is 22.4 Å². The van der Waals surface area contributed by atoms with E-state index in [1.54, 1.807) is 7.11 Å². The number of hydrogen-bond donors (Lipinski definition) is 2. The molecule has 4 nitrogen and oxygen atoms in total. The van der Waals surface area contributed by atoms with Crippen LogP contribution in [0, 0.1) is 6.92 Å². The highest BCUT2D eigenvalue weighted by atomic mass is 16.5. The first-order valence-corrected chi connectivity index (χ1v) is 8.04. The predicted octanol–water partition coefficient (Wildman–Crippen LogP) is 5.31. The molecule has 3 aromatic rings. The van der Waals surface area contributed by atoms with Gasteiger partial charge in [-0.05, 0) is 41.8 Å². The van der Waals surface area contributed by atoms with Crippen molar-refractivity contribution < 1.29 is 9.53 Å². The maximum atomic E-state index is 12.4. The molecule has 0 atom stereocenters. The molecule has 3 rings (SSSR count). The van der Waals surface area contributed by atoms with Gasteiger partial charge in [0.05, 0.1) is 12.8 Å². The second kappa shape index (κ2) is 7.53. The van der Waals surface area contributed by atoms with E-state index in [-0.39, 0.29) is 6.03 Å². The third-order valence-corrected chi connectivity index (χ3v) is 3.95. The van der Waals surface area contributed by atoms with E-state index in [1.807, 2.05) is 79.7 Å². The van der Waals surface area contributed by atoms with Crippen LogP contribution in [0.15, 0.2) is 72.8 Å². The van der Waals surface area contributed by atoms with Gasteiger partial charge in [0.1, 0.15) is 5.75 Å². The van der Waals surface area contributed by atoms with Gasteiger partial charge in [-0.3, -0.25) is 0 Å². The predicted molar refractivity (Wildman–Crippen MR) is 102 cm³/mol. The maximum absolute atomic E-state index is 12.4. The molecule has 0 aliphatic rings. The van der Waals surface area contributed by atoms with Gasteiger partial charge in [-0.1, -0.05) is 54.6 Å². The van der Waals surface area contributed by atoms with Crippen LogP contribution in [0.4, 0.5) is 16.2 Å². The van der Waals surface area contributed by atoms with Crippen molar-refractivity contribution in [3.63, 3.8) is 0 Å². The van der Waals surface area contributed by atoms with E-state index in [9.17, 15) is 4.79 Å². The standard InChI is InChI=1S/C21H20N2O2/c1-15-8-6-7-11-18(15)22-21(24)23-19-14-17(12-13-20(19)25-2)16-9-4-3-5-10-16/h3-14H,1-2H3,(H2,22,23,24). The smallest absolute Gasteiger partial charge is 0.323 e. The number of carbonyl (C=O) groups excluding carboxylic acids is 1. The minimum atomic E-state index is -0.308. The fourth-order valence-corrected chi connectivity index (χ4v) is 2.60. The maximum Gasteiger partial charge on any atom is 0.323 e. The molecule has 25 heavy (non-hydrogen) atoms. The Morgan fingerprint density at radius 2 is 1.48 bits per heavy atom. The summed E-state index contributed by atoms with van der Waals surface area (Å²) in [6, 6.07) is 23.1. The van der Waals surface area contributed by atoms with Crippen LogP contribution in [0.1, 0.15) is 5.56 Å². The topological polar surface area (TPSA) is 50.4 Å². The zero-order valence-corrected chi connectivity index (χ0v) is 14.2. The van der Waals surface area contributed by atoms with Crippen LogP contribution in [0.2, 0.25) is 0 Å². The van der Waals surface area contributed by atoms with Crippen LogP contribution >= 0.6 is 0 Å². The third-order valence-electron chi connectivity index (χ3n) is 3.95. The Bertz CT molecular complexity index is 876. The average molecular weight is 332 g/mol. The summed E-state index contributed by atoms with van der Waals surface area (Å²) in [5.41, 5.74) is 4.48. The molecule has 0 radical (unpaired) electrons. The Labute approximate surface area is 147 Å². The molecule has 4 heteroatoms. The molecule has 0 saturated carbocycles. The number of nitrogens with one attached hydrogen (secondary N) is 2. The van der Waals surface area contributed by atoms with E-state index >= 15 is 0 Å². The van der Waals surface area contributed by atoms with Gasteiger partial charge >= 0.3 is 6.03 Å². The molecule has 0 aliphatic heterocycles. The quantitative estimate of drug-likeness (QED) is 0.680. The highest BCUT2D eigenvalue weighted by molar-refractivity contribution is 6.01. The van der Waals surface area contributed by atoms with Gasteiger partial charge in [-0.25, -0.2) is 4.79 Å². The van der Waals surface area contributed by atoms with Gasteiger partial charge in [0, 0.05) is 5.69 Å². The van der Waals surface area contributed by atoms with E-state index in [4.69, 9.17) is 4.74 Å². The number of amides is 2. The monoisotopic (exact) mass is 332 g/mol. The van der Waals surface area contributed by atoms with Crippen molar-refractivity contribution in [2.75, 3.05) is 17.7 Å². The molecule has 0 bridgehead atoms. The van der Waals surface area contributed by atoms with Crippen LogP contribution in [-0.2, 0) is 0 Å². The zero-order chi connectivity index (χ0) is 17.6. The van der Waals surface area contributed by atoms with E-state index in [0.29, 0.717) is 11.4 Å². The number of aryl methyl sites for hydroxylation is 1. The third kappa shape index (κ3) is 3.98. The number of benzene rings is 3. The number of anilines is 2. The Morgan fingerprint density at radius 3 is 2.20 bits per heavy atom. The van der Waals surface area contributed by atoms with Crippen LogP contribution < -0.4 is 15.4 Å². The van der Waals surface area contributed by atoms with Crippen molar-refractivity contribution in [2.24, 2.45) is 0 Å². The van der Waals surface area contributed by atoms with Gasteiger partial charge in [-0.15, -0.1) is 0 Å². The van der Waals surface area contributed by atoms with E-state index < -0.39 is 0 Å². The van der Waals surface area contributed by atoms with Gasteiger partial charge in [-0.2, -0.15) is 0 Å². The molecular weight excluding hydrogens is 312 g/mol. The second-order valence-corrected chi connectivity index (χ2v) is 5.68. The second-order valence-electron chi connectivity index (χ2n) is 5.68. The Balaban J connectivity index is 1.83. The van der Waals surface area contributed by atoms with Crippen molar-refractivity contribution in [1.29, 1.82) is 0 Å². The number of para-hydroxylation sites is 1. The number of hydrogen-bond acceptors (Lipinski definition) is 2. The summed E-state index contributed by atoms with van der Waals surface area (Å²) in [5, 5.41) is 5.74. The highest BCUT2D eigenvalue weighted by Gasteiger charge is 2.10. The van der Waals surface area contributed by atoms with Crippen molar-refractivity contribution in [1.82, 2.24) is 0 Å². The largest absolute Gasteiger partial charge is 0.495 e. The molecule has 2 N–H and O–H groups in total. The first-order chi connectivity index (χ1) is 12.2. The number of methoxy groups -OCH3 is 1. The van der Waals surface area contributed by atoms with Crippen LogP contribution in [0.5, 0.6) is 5.75 Å². The Hall–Kier alpha value is -3.27. The molecule has 0 saturated heterocycles. The lowest BCUT2D eigenvalue weighted by atomic mass is 10.0. The van der Waals surface area contributed by atoms with Crippen LogP contribution in [-0.4, -0.2) is 13.1 Å². The highest BCUT2D eigenvalue weighted by Crippen LogP contribution is 2.30. The molecule has 0 aromatic heterocycles. The number of carbonyl (C=O) groups is 1. The molecule has 0 spiro atoms. The summed E-state index contributed by atoms with van der Waals surface area (Å²) in [5.74, 6) is 0.611. The average Bonchev–Trinajstić information content (AvgIpc) is 2.64. The van der Waals surface area contributed by atoms with Crippen molar-refractivity contribution >= 4 is 17.4 Å². The van der Waals surface area contributed by atoms with Gasteiger partial charge in [0.2, 0.25) is 0 Å². The molecule has 2 amide bonds. The molecule has 126 valence electrons. The summed E-state index contributed by atoms with van der Waals surface area (Å²) < 4.78 is 5.37. The summed E-state index contributed by atoms with van der Waals surface area (Å²) in [7, 11) is 1.59. The fourth-order valence-electron chi connectivity index (χ4n) is 2.60. The summed E-state index contributed by atoms with van der Waals surface area (Å²) in [6.45, 7) is 1.95. The number of urea groups is 1. The normalized spacial score (nSPS) is 10.2. The van der Waals surface area contributed by atoms with Gasteiger partial charge in [0.25, 0.3) is 0 Å². The minimum Gasteiger partial charge on any atom is -0.495 e. The molecular formula is C21H20N2O2. The van der Waals surface area contributed by atoms with E-state index in [2.05, 4.69) is 10.6 Å². The number of ether oxygens (including phenoxy) is 1. The number of rotatable bonds is 4. The van der Waals surface area contributed by atoms with Gasteiger partial charge < -0.3 is 15.4 Å². The fraction of sp³-hybridized carbons (Fsp3) is 0.0952. The van der Waals surface area contributed by atoms with Crippen LogP contribution in [0.25, 0.3) is 11.1 Å². The van der Waals surface area contributed by atoms with Crippen molar-refractivity contribution in [3.8, 4) is 16.9 Å². The lowest BCUT2D eigenvalue weighted by molar-refractivity contribution is 0.262. The summed E-state index contributed by atoms with van der Waals surface area (Å²) in [4.78, 5) is 12.4. The van der Waals surface area contributed by atoms with Gasteiger partial charge in [0.15, 0.2) is 0 Å². The molecule has 0 aliphatic carbocycles. The van der Waals surface area contributed by atoms with Crippen molar-refractivity contribution in [2.45, 2.75) is 6.92 Å². The van der Waals surface area contributed by atoms with E-state index in [1.165, 1.54) is 0 Å². The van der Waals surface area contributed by atoms with Crippen LogP contribution in [0.3, 0.4) is 0 Å². The summed E-state index contributed by atoms with van der Waals surface area (Å²) in [6.07, 6.45) is 0.